The van der Waals surface area contributed by atoms with Crippen molar-refractivity contribution in [3.05, 3.63) is 206 Å². The SMILES string of the molecule is c1ccc(-c2nc(-c3ccc4ccccc4c3)nc(-c3cc4ccc(-c5ccc(N(c6ccccc6)c6ccccc6)cc5)cc4c4sc5ccccc5c34)n2)cc1. The van der Waals surface area contributed by atoms with Gasteiger partial charge in [-0.15, -0.1) is 11.3 Å². The maximum atomic E-state index is 5.26. The summed E-state index contributed by atoms with van der Waals surface area (Å²) in [5.74, 6) is 1.96. The van der Waals surface area contributed by atoms with Crippen molar-refractivity contribution in [2.75, 3.05) is 4.90 Å². The van der Waals surface area contributed by atoms with E-state index in [0.29, 0.717) is 17.5 Å². The fraction of sp³-hybridized carbons (Fsp3) is 0. The van der Waals surface area contributed by atoms with Gasteiger partial charge in [0.15, 0.2) is 17.5 Å². The van der Waals surface area contributed by atoms with Gasteiger partial charge < -0.3 is 4.90 Å². The molecule has 0 spiro atoms. The van der Waals surface area contributed by atoms with Crippen LogP contribution >= 0.6 is 11.3 Å². The minimum Gasteiger partial charge on any atom is -0.311 e. The van der Waals surface area contributed by atoms with E-state index in [1.54, 1.807) is 0 Å². The number of thiophene rings is 1. The number of hydrogen-bond donors (Lipinski definition) is 0. The molecule has 0 saturated carbocycles. The fourth-order valence-corrected chi connectivity index (χ4v) is 9.29. The van der Waals surface area contributed by atoms with E-state index in [9.17, 15) is 0 Å². The van der Waals surface area contributed by atoms with E-state index in [0.717, 1.165) is 55.5 Å². The predicted molar refractivity (Wildman–Crippen MR) is 244 cm³/mol. The highest BCUT2D eigenvalue weighted by Crippen LogP contribution is 2.45. The molecule has 0 fully saturated rings. The number of aromatic nitrogens is 3. The molecule has 0 unspecified atom stereocenters. The average molecular weight is 759 g/mol. The van der Waals surface area contributed by atoms with Crippen LogP contribution in [0.1, 0.15) is 0 Å². The summed E-state index contributed by atoms with van der Waals surface area (Å²) in [6, 6.07) is 72.8. The summed E-state index contributed by atoms with van der Waals surface area (Å²) in [6.07, 6.45) is 0. The van der Waals surface area contributed by atoms with Crippen LogP contribution in [-0.4, -0.2) is 15.0 Å². The summed E-state index contributed by atoms with van der Waals surface area (Å²) in [5, 5.41) is 7.05. The summed E-state index contributed by atoms with van der Waals surface area (Å²) >= 11 is 1.83. The Hall–Kier alpha value is -7.47. The Kier molecular flexibility index (Phi) is 8.30. The summed E-state index contributed by atoms with van der Waals surface area (Å²) in [4.78, 5) is 17.8. The standard InChI is InChI=1S/C53H34N4S/c1-4-15-37(16-5-1)51-54-52(41-27-24-35-14-10-11-17-38(35)32-41)56-53(55-51)47-34-40-26-25-39(33-46(40)50-49(47)45-22-12-13-23-48(45)58-50)36-28-30-44(31-29-36)57(42-18-6-2-7-19-42)43-20-8-3-9-21-43/h1-34H. The zero-order valence-electron chi connectivity index (χ0n) is 31.3. The molecule has 2 heterocycles. The average Bonchev–Trinajstić information content (AvgIpc) is 3.70. The number of para-hydroxylation sites is 2. The van der Waals surface area contributed by atoms with Gasteiger partial charge in [-0.3, -0.25) is 0 Å². The first-order chi connectivity index (χ1) is 28.7. The predicted octanol–water partition coefficient (Wildman–Crippen LogP) is 14.7. The highest BCUT2D eigenvalue weighted by atomic mass is 32.1. The van der Waals surface area contributed by atoms with Crippen molar-refractivity contribution in [2.24, 2.45) is 0 Å². The first-order valence-electron chi connectivity index (χ1n) is 19.4. The minimum atomic E-state index is 0.651. The second kappa shape index (κ2) is 14.2. The highest BCUT2D eigenvalue weighted by Gasteiger charge is 2.20. The van der Waals surface area contributed by atoms with Crippen molar-refractivity contribution in [3.63, 3.8) is 0 Å². The summed E-state index contributed by atoms with van der Waals surface area (Å²) in [7, 11) is 0. The smallest absolute Gasteiger partial charge is 0.164 e. The number of fused-ring (bicyclic) bond motifs is 6. The molecule has 272 valence electrons. The van der Waals surface area contributed by atoms with Gasteiger partial charge >= 0.3 is 0 Å². The van der Waals surface area contributed by atoms with E-state index < -0.39 is 0 Å². The summed E-state index contributed by atoms with van der Waals surface area (Å²) < 4.78 is 2.45. The van der Waals surface area contributed by atoms with Crippen molar-refractivity contribution >= 4 is 70.1 Å². The lowest BCUT2D eigenvalue weighted by Gasteiger charge is -2.25. The maximum absolute atomic E-state index is 5.26. The van der Waals surface area contributed by atoms with Crippen LogP contribution in [0.15, 0.2) is 206 Å². The van der Waals surface area contributed by atoms with E-state index in [2.05, 4.69) is 193 Å². The third kappa shape index (κ3) is 6.06. The Morgan fingerprint density at radius 2 is 0.897 bits per heavy atom. The lowest BCUT2D eigenvalue weighted by atomic mass is 9.96. The van der Waals surface area contributed by atoms with Crippen LogP contribution in [0.2, 0.25) is 0 Å². The zero-order chi connectivity index (χ0) is 38.4. The third-order valence-corrected chi connectivity index (χ3v) is 12.1. The van der Waals surface area contributed by atoms with Crippen LogP contribution in [0.3, 0.4) is 0 Å². The lowest BCUT2D eigenvalue weighted by Crippen LogP contribution is -2.09. The molecule has 0 aliphatic heterocycles. The molecule has 0 bridgehead atoms. The first kappa shape index (κ1) is 33.8. The Balaban J connectivity index is 1.07. The molecule has 11 rings (SSSR count). The number of nitrogens with zero attached hydrogens (tertiary/aromatic N) is 4. The highest BCUT2D eigenvalue weighted by molar-refractivity contribution is 7.26. The molecule has 0 aliphatic rings. The van der Waals surface area contributed by atoms with Gasteiger partial charge in [-0.25, -0.2) is 15.0 Å². The van der Waals surface area contributed by atoms with Crippen LogP contribution < -0.4 is 4.90 Å². The molecular weight excluding hydrogens is 725 g/mol. The second-order valence-electron chi connectivity index (χ2n) is 14.4. The topological polar surface area (TPSA) is 41.9 Å². The molecule has 0 aliphatic carbocycles. The Bertz CT molecular complexity index is 3230. The van der Waals surface area contributed by atoms with Gasteiger partial charge in [0.05, 0.1) is 0 Å². The van der Waals surface area contributed by atoms with Crippen LogP contribution in [0.5, 0.6) is 0 Å². The van der Waals surface area contributed by atoms with E-state index in [-0.39, 0.29) is 0 Å². The molecule has 9 aromatic carbocycles. The molecule has 58 heavy (non-hydrogen) atoms. The minimum absolute atomic E-state index is 0.651. The molecule has 0 saturated heterocycles. The van der Waals surface area contributed by atoms with E-state index >= 15 is 0 Å². The van der Waals surface area contributed by atoms with Crippen molar-refractivity contribution in [1.29, 1.82) is 0 Å². The third-order valence-electron chi connectivity index (χ3n) is 10.9. The Morgan fingerprint density at radius 3 is 1.64 bits per heavy atom. The van der Waals surface area contributed by atoms with E-state index in [1.807, 2.05) is 29.5 Å². The zero-order valence-corrected chi connectivity index (χ0v) is 32.1. The van der Waals surface area contributed by atoms with Crippen LogP contribution in [-0.2, 0) is 0 Å². The normalized spacial score (nSPS) is 11.4. The number of hydrogen-bond acceptors (Lipinski definition) is 5. The molecule has 0 atom stereocenters. The Morgan fingerprint density at radius 1 is 0.345 bits per heavy atom. The largest absolute Gasteiger partial charge is 0.311 e. The summed E-state index contributed by atoms with van der Waals surface area (Å²) in [5.41, 5.74) is 8.58. The Labute approximate surface area is 340 Å². The van der Waals surface area contributed by atoms with Crippen LogP contribution in [0, 0.1) is 0 Å². The van der Waals surface area contributed by atoms with Gasteiger partial charge in [-0.1, -0.05) is 146 Å². The lowest BCUT2D eigenvalue weighted by molar-refractivity contribution is 1.08. The maximum Gasteiger partial charge on any atom is 0.164 e. The molecule has 4 nitrogen and oxygen atoms in total. The molecule has 0 amide bonds. The number of anilines is 3. The van der Waals surface area contributed by atoms with Crippen molar-refractivity contribution in [3.8, 4) is 45.3 Å². The van der Waals surface area contributed by atoms with Crippen molar-refractivity contribution in [2.45, 2.75) is 0 Å². The fourth-order valence-electron chi connectivity index (χ4n) is 8.04. The van der Waals surface area contributed by atoms with Gasteiger partial charge in [0, 0.05) is 59.3 Å². The van der Waals surface area contributed by atoms with E-state index in [4.69, 9.17) is 15.0 Å². The second-order valence-corrected chi connectivity index (χ2v) is 15.5. The number of benzene rings is 9. The molecule has 0 radical (unpaired) electrons. The van der Waals surface area contributed by atoms with Crippen LogP contribution in [0.25, 0.3) is 87.0 Å². The monoisotopic (exact) mass is 758 g/mol. The van der Waals surface area contributed by atoms with E-state index in [1.165, 1.54) is 31.1 Å². The molecular formula is C53H34N4S. The molecule has 0 N–H and O–H groups in total. The number of rotatable bonds is 7. The van der Waals surface area contributed by atoms with Gasteiger partial charge in [0.25, 0.3) is 0 Å². The molecule has 5 heteroatoms. The van der Waals surface area contributed by atoms with Crippen LogP contribution in [0.4, 0.5) is 17.1 Å². The van der Waals surface area contributed by atoms with Gasteiger partial charge in [-0.05, 0) is 87.9 Å². The van der Waals surface area contributed by atoms with Gasteiger partial charge in [0.1, 0.15) is 0 Å². The quantitative estimate of drug-likeness (QED) is 0.162. The molecule has 11 aromatic rings. The summed E-state index contributed by atoms with van der Waals surface area (Å²) in [6.45, 7) is 0. The van der Waals surface area contributed by atoms with Crippen molar-refractivity contribution in [1.82, 2.24) is 15.0 Å². The molecule has 2 aromatic heterocycles. The van der Waals surface area contributed by atoms with Gasteiger partial charge in [0.2, 0.25) is 0 Å². The van der Waals surface area contributed by atoms with Gasteiger partial charge in [-0.2, -0.15) is 0 Å². The first-order valence-corrected chi connectivity index (χ1v) is 20.2. The van der Waals surface area contributed by atoms with Crippen molar-refractivity contribution < 1.29 is 0 Å².